The average molecular weight is 339 g/mol. The Hall–Kier alpha value is -2.66. The molecule has 0 heterocycles. The third-order valence-corrected chi connectivity index (χ3v) is 4.95. The highest BCUT2D eigenvalue weighted by Gasteiger charge is 2.23. The first-order chi connectivity index (χ1) is 12.0. The summed E-state index contributed by atoms with van der Waals surface area (Å²) >= 11 is 0. The van der Waals surface area contributed by atoms with Crippen LogP contribution >= 0.6 is 0 Å². The topological polar surface area (TPSA) is 101 Å². The molecule has 0 unspecified atom stereocenters. The van der Waals surface area contributed by atoms with E-state index in [-0.39, 0.29) is 23.1 Å². The normalized spacial score (nSPS) is 20.2. The zero-order valence-electron chi connectivity index (χ0n) is 13.8. The van der Waals surface area contributed by atoms with E-state index in [1.165, 1.54) is 0 Å². The second-order valence-electron chi connectivity index (χ2n) is 6.60. The number of carboxylic acids is 2. The van der Waals surface area contributed by atoms with Crippen molar-refractivity contribution in [2.45, 2.75) is 37.6 Å². The lowest BCUT2D eigenvalue weighted by Gasteiger charge is -2.28. The molecule has 0 aliphatic heterocycles. The van der Waals surface area contributed by atoms with E-state index in [2.05, 4.69) is 0 Å². The van der Waals surface area contributed by atoms with Gasteiger partial charge in [-0.3, -0.25) is 0 Å². The zero-order valence-corrected chi connectivity index (χ0v) is 13.8. The highest BCUT2D eigenvalue weighted by molar-refractivity contribution is 5.90. The van der Waals surface area contributed by atoms with Crippen LogP contribution in [0.25, 0.3) is 11.1 Å². The summed E-state index contributed by atoms with van der Waals surface area (Å²) in [5.41, 5.74) is 9.37. The minimum Gasteiger partial charge on any atom is -0.478 e. The van der Waals surface area contributed by atoms with E-state index < -0.39 is 11.9 Å². The van der Waals surface area contributed by atoms with E-state index in [0.717, 1.165) is 42.4 Å². The van der Waals surface area contributed by atoms with E-state index in [0.29, 0.717) is 0 Å². The Bertz CT molecular complexity index is 790. The van der Waals surface area contributed by atoms with E-state index in [1.807, 2.05) is 6.07 Å². The number of carbonyl (C=O) groups is 2. The summed E-state index contributed by atoms with van der Waals surface area (Å²) in [6.45, 7) is 0. The van der Waals surface area contributed by atoms with Crippen LogP contribution in [0.3, 0.4) is 0 Å². The van der Waals surface area contributed by atoms with Gasteiger partial charge in [0.1, 0.15) is 0 Å². The molecule has 0 spiro atoms. The number of aromatic carboxylic acids is 2. The fourth-order valence-electron chi connectivity index (χ4n) is 3.52. The third kappa shape index (κ3) is 3.72. The van der Waals surface area contributed by atoms with Crippen molar-refractivity contribution in [2.24, 2.45) is 5.73 Å². The second-order valence-corrected chi connectivity index (χ2v) is 6.60. The third-order valence-electron chi connectivity index (χ3n) is 4.95. The molecule has 3 rings (SSSR count). The van der Waals surface area contributed by atoms with Crippen LogP contribution < -0.4 is 5.73 Å². The predicted molar refractivity (Wildman–Crippen MR) is 95.0 cm³/mol. The Kier molecular flexibility index (Phi) is 4.86. The van der Waals surface area contributed by atoms with Crippen molar-refractivity contribution in [1.29, 1.82) is 0 Å². The van der Waals surface area contributed by atoms with Gasteiger partial charge in [-0.05, 0) is 72.6 Å². The second kappa shape index (κ2) is 7.07. The Morgan fingerprint density at radius 1 is 0.840 bits per heavy atom. The van der Waals surface area contributed by atoms with Gasteiger partial charge in [0.2, 0.25) is 0 Å². The SMILES string of the molecule is NC1CCC(c2cc(C(=O)O)ccc2-c2ccc(C(=O)O)cc2)CC1. The van der Waals surface area contributed by atoms with Crippen LogP contribution in [0.2, 0.25) is 0 Å². The average Bonchev–Trinajstić information content (AvgIpc) is 2.62. The fraction of sp³-hybridized carbons (Fsp3) is 0.300. The molecule has 0 radical (unpaired) electrons. The molecule has 25 heavy (non-hydrogen) atoms. The summed E-state index contributed by atoms with van der Waals surface area (Å²) < 4.78 is 0. The summed E-state index contributed by atoms with van der Waals surface area (Å²) in [6, 6.07) is 12.1. The number of rotatable bonds is 4. The van der Waals surface area contributed by atoms with Gasteiger partial charge in [0.05, 0.1) is 11.1 Å². The number of nitrogens with two attached hydrogens (primary N) is 1. The van der Waals surface area contributed by atoms with Gasteiger partial charge in [0.15, 0.2) is 0 Å². The Morgan fingerprint density at radius 2 is 1.40 bits per heavy atom. The molecule has 0 saturated heterocycles. The van der Waals surface area contributed by atoms with E-state index >= 15 is 0 Å². The number of carboxylic acid groups (broad SMARTS) is 2. The zero-order chi connectivity index (χ0) is 18.0. The Balaban J connectivity index is 2.02. The molecule has 1 fully saturated rings. The molecule has 0 amide bonds. The molecule has 5 heteroatoms. The van der Waals surface area contributed by atoms with Gasteiger partial charge >= 0.3 is 11.9 Å². The number of hydrogen-bond acceptors (Lipinski definition) is 3. The minimum atomic E-state index is -0.964. The van der Waals surface area contributed by atoms with Gasteiger partial charge in [-0.2, -0.15) is 0 Å². The number of hydrogen-bond donors (Lipinski definition) is 3. The summed E-state index contributed by atoms with van der Waals surface area (Å²) in [5, 5.41) is 18.4. The van der Waals surface area contributed by atoms with E-state index in [9.17, 15) is 14.7 Å². The van der Waals surface area contributed by atoms with Crippen molar-refractivity contribution < 1.29 is 19.8 Å². The van der Waals surface area contributed by atoms with Crippen molar-refractivity contribution in [3.05, 3.63) is 59.2 Å². The van der Waals surface area contributed by atoms with Crippen LogP contribution in [0.5, 0.6) is 0 Å². The van der Waals surface area contributed by atoms with Crippen LogP contribution in [0.15, 0.2) is 42.5 Å². The van der Waals surface area contributed by atoms with Gasteiger partial charge in [0.25, 0.3) is 0 Å². The van der Waals surface area contributed by atoms with Crippen LogP contribution in [-0.2, 0) is 0 Å². The summed E-state index contributed by atoms with van der Waals surface area (Å²) in [7, 11) is 0. The first-order valence-corrected chi connectivity index (χ1v) is 8.42. The lowest BCUT2D eigenvalue weighted by Crippen LogP contribution is -2.26. The standard InChI is InChI=1S/C20H21NO4/c21-16-8-5-13(6-9-16)18-11-15(20(24)25)7-10-17(18)12-1-3-14(4-2-12)19(22)23/h1-4,7,10-11,13,16H,5-6,8-9,21H2,(H,22,23)(H,24,25). The van der Waals surface area contributed by atoms with Crippen LogP contribution in [0.4, 0.5) is 0 Å². The van der Waals surface area contributed by atoms with Crippen molar-refractivity contribution in [3.8, 4) is 11.1 Å². The van der Waals surface area contributed by atoms with Gasteiger partial charge in [-0.15, -0.1) is 0 Å². The molecule has 2 aromatic carbocycles. The van der Waals surface area contributed by atoms with Crippen molar-refractivity contribution in [3.63, 3.8) is 0 Å². The van der Waals surface area contributed by atoms with Gasteiger partial charge in [-0.1, -0.05) is 18.2 Å². The molecule has 0 aromatic heterocycles. The molecule has 130 valence electrons. The van der Waals surface area contributed by atoms with Crippen molar-refractivity contribution in [2.75, 3.05) is 0 Å². The Morgan fingerprint density at radius 3 is 1.96 bits per heavy atom. The lowest BCUT2D eigenvalue weighted by atomic mass is 9.78. The molecular formula is C20H21NO4. The maximum atomic E-state index is 11.4. The molecule has 2 aromatic rings. The quantitative estimate of drug-likeness (QED) is 0.788. The van der Waals surface area contributed by atoms with Crippen LogP contribution in [-0.4, -0.2) is 28.2 Å². The fourth-order valence-corrected chi connectivity index (χ4v) is 3.52. The number of benzene rings is 2. The molecule has 0 bridgehead atoms. The molecule has 5 nitrogen and oxygen atoms in total. The van der Waals surface area contributed by atoms with Crippen LogP contribution in [0.1, 0.15) is 57.9 Å². The lowest BCUT2D eigenvalue weighted by molar-refractivity contribution is 0.0686. The molecule has 4 N–H and O–H groups in total. The molecule has 1 aliphatic rings. The van der Waals surface area contributed by atoms with Crippen molar-refractivity contribution >= 4 is 11.9 Å². The maximum absolute atomic E-state index is 11.4. The highest BCUT2D eigenvalue weighted by atomic mass is 16.4. The van der Waals surface area contributed by atoms with Gasteiger partial charge in [-0.25, -0.2) is 9.59 Å². The first kappa shape index (κ1) is 17.2. The summed E-state index contributed by atoms with van der Waals surface area (Å²) in [5.74, 6) is -1.64. The summed E-state index contributed by atoms with van der Waals surface area (Å²) in [4.78, 5) is 22.4. The van der Waals surface area contributed by atoms with E-state index in [4.69, 9.17) is 10.8 Å². The maximum Gasteiger partial charge on any atom is 0.335 e. The first-order valence-electron chi connectivity index (χ1n) is 8.42. The van der Waals surface area contributed by atoms with Crippen LogP contribution in [0, 0.1) is 0 Å². The molecular weight excluding hydrogens is 318 g/mol. The molecule has 1 aliphatic carbocycles. The minimum absolute atomic E-state index is 0.220. The largest absolute Gasteiger partial charge is 0.478 e. The highest BCUT2D eigenvalue weighted by Crippen LogP contribution is 2.38. The monoisotopic (exact) mass is 339 g/mol. The smallest absolute Gasteiger partial charge is 0.335 e. The predicted octanol–water partition coefficient (Wildman–Crippen LogP) is 3.73. The van der Waals surface area contributed by atoms with Gasteiger partial charge in [0, 0.05) is 6.04 Å². The van der Waals surface area contributed by atoms with E-state index in [1.54, 1.807) is 36.4 Å². The van der Waals surface area contributed by atoms with Crippen molar-refractivity contribution in [1.82, 2.24) is 0 Å². The molecule has 0 atom stereocenters. The molecule has 1 saturated carbocycles. The van der Waals surface area contributed by atoms with Gasteiger partial charge < -0.3 is 15.9 Å². The summed E-state index contributed by atoms with van der Waals surface area (Å²) in [6.07, 6.45) is 3.73. The Labute approximate surface area is 146 Å².